The van der Waals surface area contributed by atoms with E-state index in [1.807, 2.05) is 66.2 Å². The maximum Gasteiger partial charge on any atom is 0.0992 e. The number of benzene rings is 2. The molecule has 0 unspecified atom stereocenters. The van der Waals surface area contributed by atoms with E-state index in [9.17, 15) is 0 Å². The quantitative estimate of drug-likeness (QED) is 0.464. The smallest absolute Gasteiger partial charge is 0.0992 e. The molecule has 5 N–H and O–H groups in total. The first-order valence-corrected chi connectivity index (χ1v) is 7.75. The first-order valence-electron chi connectivity index (χ1n) is 7.75. The van der Waals surface area contributed by atoms with Gasteiger partial charge in [-0.1, -0.05) is 30.3 Å². The zero-order valence-corrected chi connectivity index (χ0v) is 14.1. The average Bonchev–Trinajstić information content (AvgIpc) is 3.35. The summed E-state index contributed by atoms with van der Waals surface area (Å²) in [6, 6.07) is 15.5. The molecule has 0 aliphatic rings. The van der Waals surface area contributed by atoms with E-state index in [1.165, 1.54) is 0 Å². The van der Waals surface area contributed by atoms with Gasteiger partial charge in [-0.15, -0.1) is 0 Å². The molecule has 0 bridgehead atoms. The fourth-order valence-electron chi connectivity index (χ4n) is 1.93. The van der Waals surface area contributed by atoms with Crippen molar-refractivity contribution in [1.29, 1.82) is 0 Å². The highest BCUT2D eigenvalue weighted by Crippen LogP contribution is 2.14. The molecule has 0 amide bonds. The lowest BCUT2D eigenvalue weighted by atomic mass is 10.2. The van der Waals surface area contributed by atoms with Crippen LogP contribution in [0.25, 0.3) is 5.69 Å². The number of hydrogen-bond acceptors (Lipinski definition) is 4. The molecule has 6 nitrogen and oxygen atoms in total. The molecule has 4 rings (SSSR count). The summed E-state index contributed by atoms with van der Waals surface area (Å²) in [5, 5.41) is 0. The number of hydrogen-bond donors (Lipinski definition) is 3. The highest BCUT2D eigenvalue weighted by atomic mass is 15.0. The zero-order valence-electron chi connectivity index (χ0n) is 14.1. The van der Waals surface area contributed by atoms with Crippen LogP contribution < -0.4 is 11.5 Å². The predicted molar refractivity (Wildman–Crippen MR) is 102 cm³/mol. The van der Waals surface area contributed by atoms with Crippen LogP contribution in [0.2, 0.25) is 0 Å². The monoisotopic (exact) mass is 334 g/mol. The number of nitrogens with one attached hydrogen (secondary N) is 1. The van der Waals surface area contributed by atoms with Gasteiger partial charge in [-0.2, -0.15) is 0 Å². The van der Waals surface area contributed by atoms with Gasteiger partial charge in [-0.25, -0.2) is 9.97 Å². The van der Waals surface area contributed by atoms with Crippen LogP contribution in [-0.2, 0) is 0 Å². The first kappa shape index (κ1) is 17.8. The lowest BCUT2D eigenvalue weighted by molar-refractivity contribution is 1.06. The number of imidazole rings is 2. The minimum absolute atomic E-state index is 0.760. The summed E-state index contributed by atoms with van der Waals surface area (Å²) >= 11 is 0. The molecule has 0 saturated carbocycles. The molecule has 2 aromatic carbocycles. The van der Waals surface area contributed by atoms with E-state index in [0.29, 0.717) is 0 Å². The van der Waals surface area contributed by atoms with Crippen LogP contribution in [0.1, 0.15) is 5.56 Å². The first-order chi connectivity index (χ1) is 12.2. The topological polar surface area (TPSA) is 98.5 Å². The number of nitrogens with zero attached hydrogens (tertiary/aromatic N) is 3. The van der Waals surface area contributed by atoms with Crippen molar-refractivity contribution in [2.75, 3.05) is 11.5 Å². The number of aromatic amines is 1. The van der Waals surface area contributed by atoms with Gasteiger partial charge in [0.1, 0.15) is 0 Å². The molecule has 0 fully saturated rings. The number of aromatic nitrogens is 4. The molecule has 0 saturated heterocycles. The Morgan fingerprint density at radius 1 is 0.880 bits per heavy atom. The van der Waals surface area contributed by atoms with Crippen molar-refractivity contribution in [3.05, 3.63) is 91.5 Å². The molecule has 128 valence electrons. The summed E-state index contributed by atoms with van der Waals surface area (Å²) in [5.74, 6) is 0. The fourth-order valence-corrected chi connectivity index (χ4v) is 1.93. The van der Waals surface area contributed by atoms with E-state index in [4.69, 9.17) is 11.5 Å². The van der Waals surface area contributed by atoms with Gasteiger partial charge in [0, 0.05) is 30.5 Å². The van der Waals surface area contributed by atoms with E-state index in [2.05, 4.69) is 15.0 Å². The van der Waals surface area contributed by atoms with Crippen molar-refractivity contribution >= 4 is 11.4 Å². The Morgan fingerprint density at radius 2 is 1.60 bits per heavy atom. The van der Waals surface area contributed by atoms with Crippen LogP contribution in [-0.4, -0.2) is 19.5 Å². The molecule has 0 aliphatic carbocycles. The second kappa shape index (κ2) is 9.57. The summed E-state index contributed by atoms with van der Waals surface area (Å²) in [5.41, 5.74) is 15.0. The van der Waals surface area contributed by atoms with Crippen molar-refractivity contribution in [2.45, 2.75) is 6.92 Å². The Balaban J connectivity index is 0.000000149. The van der Waals surface area contributed by atoms with Gasteiger partial charge in [0.2, 0.25) is 0 Å². The standard InChI is InChI=1S/C9H9N3.C7H9N.C3H4N2/c10-8-3-1-2-4-9(8)12-6-5-11-7-12;1-6-4-2-3-5-7(6)8;1-2-5-3-4-1/h1-7H,10H2;2-5H,8H2,1H3;1-3H,(H,4,5). The number of H-pyrrole nitrogens is 1. The van der Waals surface area contributed by atoms with E-state index >= 15 is 0 Å². The maximum atomic E-state index is 5.76. The fraction of sp³-hybridized carbons (Fsp3) is 0.0526. The third kappa shape index (κ3) is 5.87. The second-order valence-corrected chi connectivity index (χ2v) is 5.15. The van der Waals surface area contributed by atoms with Crippen LogP contribution in [0.15, 0.2) is 86.0 Å². The van der Waals surface area contributed by atoms with E-state index < -0.39 is 0 Å². The second-order valence-electron chi connectivity index (χ2n) is 5.15. The van der Waals surface area contributed by atoms with Crippen molar-refractivity contribution in [2.24, 2.45) is 0 Å². The van der Waals surface area contributed by atoms with E-state index in [0.717, 1.165) is 22.6 Å². The number of para-hydroxylation sites is 3. The number of nitrogen functional groups attached to an aromatic ring is 2. The highest BCUT2D eigenvalue weighted by Gasteiger charge is 1.97. The normalized spacial score (nSPS) is 9.32. The van der Waals surface area contributed by atoms with Crippen LogP contribution in [0.3, 0.4) is 0 Å². The Kier molecular flexibility index (Phi) is 6.81. The lowest BCUT2D eigenvalue weighted by Gasteiger charge is -2.04. The van der Waals surface area contributed by atoms with Crippen molar-refractivity contribution in [1.82, 2.24) is 19.5 Å². The van der Waals surface area contributed by atoms with Crippen LogP contribution in [0, 0.1) is 6.92 Å². The van der Waals surface area contributed by atoms with Crippen LogP contribution in [0.4, 0.5) is 11.4 Å². The van der Waals surface area contributed by atoms with Gasteiger partial charge >= 0.3 is 0 Å². The summed E-state index contributed by atoms with van der Waals surface area (Å²) in [6.45, 7) is 2.00. The van der Waals surface area contributed by atoms with Gasteiger partial charge in [0.25, 0.3) is 0 Å². The third-order valence-electron chi connectivity index (χ3n) is 3.31. The minimum atomic E-state index is 0.760. The Labute approximate surface area is 147 Å². The van der Waals surface area contributed by atoms with Gasteiger partial charge in [-0.3, -0.25) is 0 Å². The van der Waals surface area contributed by atoms with Crippen molar-refractivity contribution < 1.29 is 0 Å². The molecule has 2 aromatic heterocycles. The zero-order chi connectivity index (χ0) is 17.9. The Hall–Kier alpha value is -3.54. The third-order valence-corrected chi connectivity index (χ3v) is 3.31. The maximum absolute atomic E-state index is 5.76. The highest BCUT2D eigenvalue weighted by molar-refractivity contribution is 5.57. The molecule has 0 aliphatic heterocycles. The Morgan fingerprint density at radius 3 is 2.04 bits per heavy atom. The van der Waals surface area contributed by atoms with E-state index in [-0.39, 0.29) is 0 Å². The SMILES string of the molecule is Cc1ccccc1N.Nc1ccccc1-n1ccnc1.c1c[nH]cn1. The number of nitrogens with two attached hydrogens (primary N) is 2. The number of aryl methyl sites for hydroxylation is 1. The molecule has 2 heterocycles. The van der Waals surface area contributed by atoms with Crippen LogP contribution >= 0.6 is 0 Å². The van der Waals surface area contributed by atoms with Gasteiger partial charge < -0.3 is 21.0 Å². The molecule has 0 atom stereocenters. The predicted octanol–water partition coefficient (Wildman–Crippen LogP) is 3.44. The molecule has 0 radical (unpaired) electrons. The van der Waals surface area contributed by atoms with Gasteiger partial charge in [0.05, 0.1) is 24.0 Å². The van der Waals surface area contributed by atoms with Crippen molar-refractivity contribution in [3.63, 3.8) is 0 Å². The molecule has 4 aromatic rings. The molecular weight excluding hydrogens is 312 g/mol. The van der Waals surface area contributed by atoms with Crippen LogP contribution in [0.5, 0.6) is 0 Å². The summed E-state index contributed by atoms with van der Waals surface area (Å²) in [7, 11) is 0. The Bertz CT molecular complexity index is 800. The average molecular weight is 334 g/mol. The van der Waals surface area contributed by atoms with E-state index in [1.54, 1.807) is 31.2 Å². The molecule has 0 spiro atoms. The van der Waals surface area contributed by atoms with Gasteiger partial charge in [0.15, 0.2) is 0 Å². The molecule has 25 heavy (non-hydrogen) atoms. The van der Waals surface area contributed by atoms with Crippen molar-refractivity contribution in [3.8, 4) is 5.69 Å². The molecular formula is C19H22N6. The summed E-state index contributed by atoms with van der Waals surface area (Å²) in [6.07, 6.45) is 10.4. The number of anilines is 2. The number of rotatable bonds is 1. The summed E-state index contributed by atoms with van der Waals surface area (Å²) in [4.78, 5) is 10.4. The molecule has 6 heteroatoms. The largest absolute Gasteiger partial charge is 0.399 e. The van der Waals surface area contributed by atoms with Gasteiger partial charge in [-0.05, 0) is 30.7 Å². The minimum Gasteiger partial charge on any atom is -0.399 e. The lowest BCUT2D eigenvalue weighted by Crippen LogP contribution is -1.96. The summed E-state index contributed by atoms with van der Waals surface area (Å²) < 4.78 is 1.88.